The number of fused-ring (bicyclic) bond motifs is 1. The quantitative estimate of drug-likeness (QED) is 0.479. The summed E-state index contributed by atoms with van der Waals surface area (Å²) in [6.07, 6.45) is 5.14. The second-order valence-corrected chi connectivity index (χ2v) is 7.23. The van der Waals surface area contributed by atoms with E-state index in [1.807, 2.05) is 31.2 Å². The van der Waals surface area contributed by atoms with Gasteiger partial charge in [0.05, 0.1) is 29.0 Å². The molecule has 1 fully saturated rings. The summed E-state index contributed by atoms with van der Waals surface area (Å²) in [7, 11) is 0. The number of nitrogens with two attached hydrogens (primary N) is 1. The third kappa shape index (κ3) is 4.48. The van der Waals surface area contributed by atoms with Gasteiger partial charge in [-0.25, -0.2) is 4.98 Å². The summed E-state index contributed by atoms with van der Waals surface area (Å²) in [6, 6.07) is 7.89. The minimum Gasteiger partial charge on any atom is -1.00 e. The number of carbonyl (C=O) groups is 2. The number of carbonyl (C=O) groups excluding carboxylic acids is 2. The molecule has 4 N–H and O–H groups in total. The SMILES string of the molecule is Cc1ccccc1CN(CC1CC1)C(=O)C(=O)Nc1cnc(N)c2cn[nH]c12.[Cl-].[H+]. The fourth-order valence-electron chi connectivity index (χ4n) is 3.19. The second kappa shape index (κ2) is 8.48. The lowest BCUT2D eigenvalue weighted by atomic mass is 10.1. The van der Waals surface area contributed by atoms with Gasteiger partial charge in [-0.1, -0.05) is 24.3 Å². The van der Waals surface area contributed by atoms with E-state index in [1.165, 1.54) is 12.4 Å². The smallest absolute Gasteiger partial charge is 1.00 e. The molecule has 0 bridgehead atoms. The van der Waals surface area contributed by atoms with Crippen molar-refractivity contribution in [3.05, 3.63) is 47.8 Å². The summed E-state index contributed by atoms with van der Waals surface area (Å²) in [5.41, 5.74) is 8.86. The van der Waals surface area contributed by atoms with Crippen LogP contribution in [0.15, 0.2) is 36.7 Å². The van der Waals surface area contributed by atoms with E-state index in [-0.39, 0.29) is 13.8 Å². The Morgan fingerprint density at radius 3 is 2.79 bits per heavy atom. The van der Waals surface area contributed by atoms with Gasteiger partial charge in [0.1, 0.15) is 5.82 Å². The lowest BCUT2D eigenvalue weighted by Crippen LogP contribution is -3.00. The van der Waals surface area contributed by atoms with Crippen LogP contribution in [0.3, 0.4) is 0 Å². The van der Waals surface area contributed by atoms with Crippen molar-refractivity contribution in [2.24, 2.45) is 5.92 Å². The van der Waals surface area contributed by atoms with Gasteiger partial charge < -0.3 is 28.4 Å². The van der Waals surface area contributed by atoms with Crippen LogP contribution in [0.5, 0.6) is 0 Å². The van der Waals surface area contributed by atoms with E-state index < -0.39 is 11.8 Å². The lowest BCUT2D eigenvalue weighted by molar-refractivity contribution is -0.143. The number of amides is 2. The number of halogens is 1. The molecule has 0 unspecified atom stereocenters. The maximum absolute atomic E-state index is 12.9. The predicted molar refractivity (Wildman–Crippen MR) is 107 cm³/mol. The van der Waals surface area contributed by atoms with Crippen LogP contribution in [0, 0.1) is 12.8 Å². The molecular formula is C20H23ClN6O2. The molecular weight excluding hydrogens is 392 g/mol. The van der Waals surface area contributed by atoms with Crippen LogP contribution in [-0.2, 0) is 16.1 Å². The van der Waals surface area contributed by atoms with Gasteiger partial charge in [0.2, 0.25) is 0 Å². The topological polar surface area (TPSA) is 117 Å². The first kappa shape index (κ1) is 20.6. The zero-order valence-corrected chi connectivity index (χ0v) is 16.7. The number of benzene rings is 1. The minimum absolute atomic E-state index is 0. The van der Waals surface area contributed by atoms with Crippen molar-refractivity contribution >= 4 is 34.2 Å². The van der Waals surface area contributed by atoms with Crippen molar-refractivity contribution in [3.8, 4) is 0 Å². The van der Waals surface area contributed by atoms with Gasteiger partial charge in [-0.15, -0.1) is 0 Å². The van der Waals surface area contributed by atoms with Gasteiger partial charge in [0.25, 0.3) is 0 Å². The van der Waals surface area contributed by atoms with E-state index in [4.69, 9.17) is 5.73 Å². The summed E-state index contributed by atoms with van der Waals surface area (Å²) >= 11 is 0. The lowest BCUT2D eigenvalue weighted by Gasteiger charge is -2.23. The van der Waals surface area contributed by atoms with Gasteiger partial charge in [-0.05, 0) is 36.8 Å². The van der Waals surface area contributed by atoms with Gasteiger partial charge in [-0.3, -0.25) is 14.7 Å². The molecule has 8 nitrogen and oxygen atoms in total. The molecule has 152 valence electrons. The molecule has 29 heavy (non-hydrogen) atoms. The normalized spacial score (nSPS) is 13.0. The Kier molecular flexibility index (Phi) is 6.03. The first-order valence-corrected chi connectivity index (χ1v) is 9.25. The maximum atomic E-state index is 12.9. The molecule has 1 saturated carbocycles. The molecule has 2 heterocycles. The molecule has 9 heteroatoms. The fraction of sp³-hybridized carbons (Fsp3) is 0.300. The molecule has 0 radical (unpaired) electrons. The molecule has 0 spiro atoms. The average molecular weight is 415 g/mol. The summed E-state index contributed by atoms with van der Waals surface area (Å²) in [5, 5.41) is 9.96. The van der Waals surface area contributed by atoms with Gasteiger partial charge in [-0.2, -0.15) is 5.10 Å². The molecule has 3 aromatic rings. The Morgan fingerprint density at radius 1 is 1.31 bits per heavy atom. The molecule has 2 aromatic heterocycles. The number of hydrogen-bond acceptors (Lipinski definition) is 5. The Morgan fingerprint density at radius 2 is 2.07 bits per heavy atom. The number of aromatic amines is 1. The highest BCUT2D eigenvalue weighted by atomic mass is 35.5. The molecule has 0 aliphatic heterocycles. The molecule has 1 aliphatic carbocycles. The number of hydrogen-bond donors (Lipinski definition) is 3. The summed E-state index contributed by atoms with van der Waals surface area (Å²) in [5.74, 6) is -0.474. The van der Waals surface area contributed by atoms with E-state index >= 15 is 0 Å². The van der Waals surface area contributed by atoms with Crippen LogP contribution >= 0.6 is 0 Å². The fourth-order valence-corrected chi connectivity index (χ4v) is 3.19. The van der Waals surface area contributed by atoms with E-state index in [0.717, 1.165) is 24.0 Å². The molecule has 0 saturated heterocycles. The Labute approximate surface area is 175 Å². The van der Waals surface area contributed by atoms with Gasteiger partial charge in [0, 0.05) is 13.1 Å². The van der Waals surface area contributed by atoms with Gasteiger partial charge >= 0.3 is 13.2 Å². The Bertz CT molecular complexity index is 1050. The van der Waals surface area contributed by atoms with Crippen LogP contribution in [-0.4, -0.2) is 38.4 Å². The van der Waals surface area contributed by atoms with Crippen molar-refractivity contribution in [1.29, 1.82) is 0 Å². The Balaban J connectivity index is 0.00000160. The van der Waals surface area contributed by atoms with E-state index in [0.29, 0.717) is 41.4 Å². The zero-order chi connectivity index (χ0) is 19.7. The van der Waals surface area contributed by atoms with Crippen molar-refractivity contribution in [2.45, 2.75) is 26.3 Å². The summed E-state index contributed by atoms with van der Waals surface area (Å²) in [4.78, 5) is 31.3. The van der Waals surface area contributed by atoms with Crippen molar-refractivity contribution < 1.29 is 23.4 Å². The number of rotatable bonds is 5. The number of anilines is 2. The Hall–Kier alpha value is -3.13. The monoisotopic (exact) mass is 414 g/mol. The summed E-state index contributed by atoms with van der Waals surface area (Å²) < 4.78 is 0. The number of H-pyrrole nitrogens is 1. The minimum atomic E-state index is -0.697. The highest BCUT2D eigenvalue weighted by Crippen LogP contribution is 2.30. The molecule has 2 amide bonds. The maximum Gasteiger partial charge on any atom is 1.00 e. The zero-order valence-electron chi connectivity index (χ0n) is 17.0. The number of aromatic nitrogens is 3. The van der Waals surface area contributed by atoms with Crippen LogP contribution in [0.25, 0.3) is 10.9 Å². The first-order valence-electron chi connectivity index (χ1n) is 9.25. The molecule has 4 rings (SSSR count). The van der Waals surface area contributed by atoms with Crippen molar-refractivity contribution in [1.82, 2.24) is 20.1 Å². The number of aryl methyl sites for hydroxylation is 1. The third-order valence-electron chi connectivity index (χ3n) is 5.04. The molecule has 0 atom stereocenters. The third-order valence-corrected chi connectivity index (χ3v) is 5.04. The highest BCUT2D eigenvalue weighted by molar-refractivity contribution is 6.40. The number of nitrogens with one attached hydrogen (secondary N) is 2. The van der Waals surface area contributed by atoms with E-state index in [1.54, 1.807) is 4.90 Å². The number of pyridine rings is 1. The van der Waals surface area contributed by atoms with Crippen LogP contribution in [0.2, 0.25) is 0 Å². The van der Waals surface area contributed by atoms with Crippen molar-refractivity contribution in [3.63, 3.8) is 0 Å². The predicted octanol–water partition coefficient (Wildman–Crippen LogP) is -0.658. The van der Waals surface area contributed by atoms with Crippen LogP contribution < -0.4 is 23.5 Å². The largest absolute Gasteiger partial charge is 1.00 e. The summed E-state index contributed by atoms with van der Waals surface area (Å²) in [6.45, 7) is 3.00. The standard InChI is InChI=1S/C20H22N6O2.ClH/c1-12-4-2-3-5-14(12)11-26(10-13-6-7-13)20(28)19(27)24-16-9-22-18(21)15-8-23-25-17(15)16;/h2-5,8-9,13H,6-7,10-11H2,1H3,(H2,21,22)(H,23,25)(H,24,27);1H. The van der Waals surface area contributed by atoms with Gasteiger partial charge in [0.15, 0.2) is 0 Å². The van der Waals surface area contributed by atoms with E-state index in [9.17, 15) is 9.59 Å². The second-order valence-electron chi connectivity index (χ2n) is 7.23. The average Bonchev–Trinajstić information content (AvgIpc) is 3.36. The van der Waals surface area contributed by atoms with Crippen LogP contribution in [0.4, 0.5) is 11.5 Å². The number of nitrogens with zero attached hydrogens (tertiary/aromatic N) is 3. The number of nitrogen functional groups attached to an aromatic ring is 1. The molecule has 1 aliphatic rings. The van der Waals surface area contributed by atoms with E-state index in [2.05, 4.69) is 20.5 Å². The van der Waals surface area contributed by atoms with Crippen LogP contribution in [0.1, 0.15) is 25.4 Å². The van der Waals surface area contributed by atoms with Crippen molar-refractivity contribution in [2.75, 3.05) is 17.6 Å². The first-order chi connectivity index (χ1) is 13.5. The molecule has 1 aromatic carbocycles. The highest BCUT2D eigenvalue weighted by Gasteiger charge is 2.30.